The molecule has 138 valence electrons. The largest absolute Gasteiger partial charge is 0.487 e. The fraction of sp³-hybridized carbons (Fsp3) is 0.444. The highest BCUT2D eigenvalue weighted by molar-refractivity contribution is 5.97. The van der Waals surface area contributed by atoms with Crippen molar-refractivity contribution in [1.82, 2.24) is 9.88 Å². The average Bonchev–Trinajstić information content (AvgIpc) is 2.56. The van der Waals surface area contributed by atoms with Gasteiger partial charge in [-0.2, -0.15) is 0 Å². The first-order valence-electron chi connectivity index (χ1n) is 8.47. The van der Waals surface area contributed by atoms with Crippen molar-refractivity contribution in [2.24, 2.45) is 0 Å². The number of anilines is 1. The van der Waals surface area contributed by atoms with Gasteiger partial charge in [0.05, 0.1) is 22.5 Å². The Hall–Kier alpha value is -2.61. The summed E-state index contributed by atoms with van der Waals surface area (Å²) in [4.78, 5) is 25.8. The molecule has 2 N–H and O–H groups in total. The molecule has 0 saturated carbocycles. The normalized spacial score (nSPS) is 20.6. The Labute approximate surface area is 149 Å². The molecule has 0 unspecified atom stereocenters. The molecule has 7 nitrogen and oxygen atoms in total. The van der Waals surface area contributed by atoms with E-state index in [4.69, 9.17) is 4.74 Å². The fourth-order valence-electron chi connectivity index (χ4n) is 3.77. The summed E-state index contributed by atoms with van der Waals surface area (Å²) in [6, 6.07) is 0.969. The van der Waals surface area contributed by atoms with Gasteiger partial charge in [-0.05, 0) is 27.0 Å². The quantitative estimate of drug-likeness (QED) is 0.864. The molecule has 1 atom stereocenters. The summed E-state index contributed by atoms with van der Waals surface area (Å²) in [6.07, 6.45) is 1.33. The third-order valence-electron chi connectivity index (χ3n) is 5.37. The molecule has 1 fully saturated rings. The predicted molar refractivity (Wildman–Crippen MR) is 95.0 cm³/mol. The fourth-order valence-corrected chi connectivity index (χ4v) is 3.77. The zero-order valence-electron chi connectivity index (χ0n) is 14.8. The van der Waals surface area contributed by atoms with Crippen LogP contribution < -0.4 is 20.4 Å². The van der Waals surface area contributed by atoms with Crippen LogP contribution in [0, 0.1) is 5.82 Å². The second-order valence-corrected chi connectivity index (χ2v) is 7.34. The maximum atomic E-state index is 14.9. The first kappa shape index (κ1) is 16.8. The Morgan fingerprint density at radius 1 is 1.46 bits per heavy atom. The average molecular weight is 361 g/mol. The van der Waals surface area contributed by atoms with Crippen LogP contribution in [-0.2, 0) is 0 Å². The van der Waals surface area contributed by atoms with Crippen molar-refractivity contribution < 1.29 is 19.0 Å². The molecule has 2 aromatic rings. The van der Waals surface area contributed by atoms with Crippen LogP contribution in [0.15, 0.2) is 17.1 Å². The van der Waals surface area contributed by atoms with Crippen LogP contribution in [0.25, 0.3) is 10.9 Å². The molecule has 3 heterocycles. The van der Waals surface area contributed by atoms with Gasteiger partial charge in [-0.15, -0.1) is 0 Å². The topological polar surface area (TPSA) is 83.8 Å². The minimum absolute atomic E-state index is 0.0320. The van der Waals surface area contributed by atoms with Crippen molar-refractivity contribution in [3.8, 4) is 5.75 Å². The third kappa shape index (κ3) is 2.21. The van der Waals surface area contributed by atoms with Crippen LogP contribution in [0.2, 0.25) is 0 Å². The first-order chi connectivity index (χ1) is 12.3. The van der Waals surface area contributed by atoms with E-state index in [-0.39, 0.29) is 29.1 Å². The second-order valence-electron chi connectivity index (χ2n) is 7.34. The number of carboxylic acid groups (broad SMARTS) is 1. The Bertz CT molecular complexity index is 994. The van der Waals surface area contributed by atoms with Crippen molar-refractivity contribution in [2.45, 2.75) is 25.4 Å². The molecule has 0 aliphatic carbocycles. The van der Waals surface area contributed by atoms with Crippen LogP contribution in [0.1, 0.15) is 30.2 Å². The van der Waals surface area contributed by atoms with E-state index in [2.05, 4.69) is 5.32 Å². The van der Waals surface area contributed by atoms with Crippen LogP contribution in [0.3, 0.4) is 0 Å². The van der Waals surface area contributed by atoms with Crippen molar-refractivity contribution in [3.05, 3.63) is 33.9 Å². The summed E-state index contributed by atoms with van der Waals surface area (Å²) in [7, 11) is 1.86. The number of nitrogens with one attached hydrogen (secondary N) is 1. The molecule has 1 aromatic carbocycles. The lowest BCUT2D eigenvalue weighted by molar-refractivity contribution is 0.0694. The monoisotopic (exact) mass is 361 g/mol. The van der Waals surface area contributed by atoms with Crippen LogP contribution in [-0.4, -0.2) is 47.9 Å². The number of carboxylic acids is 1. The molecular weight excluding hydrogens is 341 g/mol. The van der Waals surface area contributed by atoms with E-state index in [1.807, 2.05) is 25.8 Å². The van der Waals surface area contributed by atoms with Crippen LogP contribution in [0.4, 0.5) is 10.1 Å². The van der Waals surface area contributed by atoms with Crippen molar-refractivity contribution in [1.29, 1.82) is 0 Å². The number of likely N-dealkylation sites (N-methyl/N-ethyl adjacent to an activating group) is 1. The summed E-state index contributed by atoms with van der Waals surface area (Å²) in [5.74, 6) is -1.59. The molecule has 4 rings (SSSR count). The molecule has 0 radical (unpaired) electrons. The van der Waals surface area contributed by atoms with E-state index in [1.54, 1.807) is 4.57 Å². The Morgan fingerprint density at radius 3 is 2.77 bits per heavy atom. The maximum absolute atomic E-state index is 14.9. The predicted octanol–water partition coefficient (Wildman–Crippen LogP) is 1.59. The molecule has 0 bridgehead atoms. The maximum Gasteiger partial charge on any atom is 0.341 e. The van der Waals surface area contributed by atoms with E-state index in [9.17, 15) is 19.1 Å². The number of benzene rings is 1. The van der Waals surface area contributed by atoms with E-state index in [0.717, 1.165) is 6.07 Å². The summed E-state index contributed by atoms with van der Waals surface area (Å²) in [5.41, 5.74) is -0.391. The van der Waals surface area contributed by atoms with Crippen molar-refractivity contribution >= 4 is 22.6 Å². The van der Waals surface area contributed by atoms with Gasteiger partial charge in [0.2, 0.25) is 5.43 Å². The van der Waals surface area contributed by atoms with Gasteiger partial charge < -0.3 is 24.6 Å². The lowest BCUT2D eigenvalue weighted by Crippen LogP contribution is -2.67. The number of aromatic nitrogens is 1. The number of hydrogen-bond acceptors (Lipinski definition) is 5. The summed E-state index contributed by atoms with van der Waals surface area (Å²) in [5, 5.41) is 12.5. The highest BCUT2D eigenvalue weighted by atomic mass is 19.1. The minimum Gasteiger partial charge on any atom is -0.487 e. The Balaban J connectivity index is 1.99. The number of halogens is 1. The van der Waals surface area contributed by atoms with Gasteiger partial charge in [-0.25, -0.2) is 9.18 Å². The number of pyridine rings is 1. The summed E-state index contributed by atoms with van der Waals surface area (Å²) >= 11 is 0. The van der Waals surface area contributed by atoms with Gasteiger partial charge in [0.15, 0.2) is 11.6 Å². The molecular formula is C18H20FN3O4. The van der Waals surface area contributed by atoms with E-state index < -0.39 is 17.2 Å². The van der Waals surface area contributed by atoms with E-state index in [0.29, 0.717) is 30.0 Å². The summed E-state index contributed by atoms with van der Waals surface area (Å²) in [6.45, 7) is 5.40. The highest BCUT2D eigenvalue weighted by Gasteiger charge is 2.41. The molecule has 2 aliphatic heterocycles. The number of rotatable bonds is 3. The van der Waals surface area contributed by atoms with Gasteiger partial charge in [0, 0.05) is 19.3 Å². The van der Waals surface area contributed by atoms with Gasteiger partial charge in [0.1, 0.15) is 17.9 Å². The molecule has 0 spiro atoms. The Morgan fingerprint density at radius 2 is 2.15 bits per heavy atom. The number of nitrogens with zero attached hydrogens (tertiary/aromatic N) is 2. The number of ether oxygens (including phenoxy) is 1. The standard InChI is InChI=1S/C18H20FN3O4/c1-9-6-26-16-13-10(15(23)11(17(24)25)5-22(9)13)4-12(19)14(16)21-7-18(2,8-21)20-3/h4-5,9,20H,6-8H2,1-3H3,(H,24,25)/t9-/m1/s1. The number of carbonyl (C=O) groups is 1. The number of aromatic carboxylic acids is 1. The summed E-state index contributed by atoms with van der Waals surface area (Å²) < 4.78 is 22.5. The van der Waals surface area contributed by atoms with Gasteiger partial charge in [-0.1, -0.05) is 0 Å². The lowest BCUT2D eigenvalue weighted by atomic mass is 9.91. The molecule has 1 saturated heterocycles. The molecule has 8 heteroatoms. The highest BCUT2D eigenvalue weighted by Crippen LogP contribution is 2.44. The minimum atomic E-state index is -1.32. The molecule has 2 aliphatic rings. The van der Waals surface area contributed by atoms with Crippen molar-refractivity contribution in [2.75, 3.05) is 31.6 Å². The van der Waals surface area contributed by atoms with Crippen molar-refractivity contribution in [3.63, 3.8) is 0 Å². The Kier molecular flexibility index (Phi) is 3.52. The second kappa shape index (κ2) is 5.44. The third-order valence-corrected chi connectivity index (χ3v) is 5.37. The first-order valence-corrected chi connectivity index (χ1v) is 8.47. The van der Waals surface area contributed by atoms with Gasteiger partial charge in [-0.3, -0.25) is 4.79 Å². The molecule has 26 heavy (non-hydrogen) atoms. The van der Waals surface area contributed by atoms with Crippen LogP contribution in [0.5, 0.6) is 5.75 Å². The van der Waals surface area contributed by atoms with E-state index in [1.165, 1.54) is 6.20 Å². The van der Waals surface area contributed by atoms with Crippen LogP contribution >= 0.6 is 0 Å². The van der Waals surface area contributed by atoms with E-state index >= 15 is 0 Å². The smallest absolute Gasteiger partial charge is 0.341 e. The number of hydrogen-bond donors (Lipinski definition) is 2. The lowest BCUT2D eigenvalue weighted by Gasteiger charge is -2.50. The van der Waals surface area contributed by atoms with Gasteiger partial charge in [0.25, 0.3) is 0 Å². The zero-order valence-corrected chi connectivity index (χ0v) is 14.8. The zero-order chi connectivity index (χ0) is 18.8. The SMILES string of the molecule is CNC1(C)CN(c2c(F)cc3c(=O)c(C(=O)O)cn4c3c2OC[C@H]4C)C1. The molecule has 1 aromatic heterocycles. The van der Waals surface area contributed by atoms with Gasteiger partial charge >= 0.3 is 5.97 Å². The molecule has 0 amide bonds.